The van der Waals surface area contributed by atoms with E-state index in [-0.39, 0.29) is 29.6 Å². The second-order valence-electron chi connectivity index (χ2n) is 7.98. The Balaban J connectivity index is 1.41. The number of hydrogen-bond donors (Lipinski definition) is 1. The number of hydrogen-bond acceptors (Lipinski definition) is 4. The van der Waals surface area contributed by atoms with Gasteiger partial charge >= 0.3 is 0 Å². The van der Waals surface area contributed by atoms with E-state index in [0.29, 0.717) is 24.2 Å². The molecule has 2 atom stereocenters. The maximum absolute atomic E-state index is 12.9. The van der Waals surface area contributed by atoms with Crippen LogP contribution in [0.1, 0.15) is 52.0 Å². The number of methoxy groups -OCH3 is 1. The summed E-state index contributed by atoms with van der Waals surface area (Å²) in [5.74, 6) is 0.0563. The topological polar surface area (TPSA) is 75.7 Å². The Morgan fingerprint density at radius 2 is 1.63 bits per heavy atom. The number of ether oxygens (including phenoxy) is 1. The van der Waals surface area contributed by atoms with Crippen LogP contribution in [-0.4, -0.2) is 36.3 Å². The van der Waals surface area contributed by atoms with Crippen molar-refractivity contribution in [1.82, 2.24) is 10.2 Å². The molecule has 3 amide bonds. The molecule has 6 nitrogen and oxygen atoms in total. The molecule has 30 heavy (non-hydrogen) atoms. The van der Waals surface area contributed by atoms with Crippen molar-refractivity contribution in [3.8, 4) is 5.75 Å². The molecule has 156 valence electrons. The smallest absolute Gasteiger partial charge is 0.261 e. The third kappa shape index (κ3) is 3.95. The first-order chi connectivity index (χ1) is 14.6. The molecule has 0 radical (unpaired) electrons. The second-order valence-corrected chi connectivity index (χ2v) is 7.98. The summed E-state index contributed by atoms with van der Waals surface area (Å²) in [5.41, 5.74) is 1.91. The molecule has 0 bridgehead atoms. The fourth-order valence-electron chi connectivity index (χ4n) is 4.47. The number of rotatable bonds is 6. The lowest BCUT2D eigenvalue weighted by Crippen LogP contribution is -2.43. The number of fused-ring (bicyclic) bond motifs is 1. The summed E-state index contributed by atoms with van der Waals surface area (Å²) >= 11 is 0. The van der Waals surface area contributed by atoms with Gasteiger partial charge in [-0.2, -0.15) is 0 Å². The minimum atomic E-state index is -0.251. The first-order valence-electron chi connectivity index (χ1n) is 10.4. The zero-order chi connectivity index (χ0) is 21.1. The van der Waals surface area contributed by atoms with Crippen LogP contribution in [0.5, 0.6) is 5.75 Å². The molecule has 0 spiro atoms. The molecule has 2 aromatic carbocycles. The normalized spacial score (nSPS) is 20.8. The first kappa shape index (κ1) is 20.1. The van der Waals surface area contributed by atoms with Crippen molar-refractivity contribution in [3.05, 3.63) is 65.2 Å². The molecule has 0 saturated heterocycles. The number of nitrogens with one attached hydrogen (secondary N) is 1. The van der Waals surface area contributed by atoms with E-state index in [9.17, 15) is 14.4 Å². The fraction of sp³-hybridized carbons (Fsp3) is 0.375. The molecule has 0 aromatic heterocycles. The molecule has 1 N–H and O–H groups in total. The predicted molar refractivity (Wildman–Crippen MR) is 112 cm³/mol. The van der Waals surface area contributed by atoms with E-state index >= 15 is 0 Å². The van der Waals surface area contributed by atoms with E-state index in [4.69, 9.17) is 4.74 Å². The zero-order valence-corrected chi connectivity index (χ0v) is 17.1. The van der Waals surface area contributed by atoms with Gasteiger partial charge in [0.1, 0.15) is 5.75 Å². The highest BCUT2D eigenvalue weighted by atomic mass is 16.5. The molecular formula is C24H26N2O4. The Bertz CT molecular complexity index is 919. The number of carbonyl (C=O) groups excluding carboxylic acids is 3. The third-order valence-corrected chi connectivity index (χ3v) is 6.17. The summed E-state index contributed by atoms with van der Waals surface area (Å²) < 4.78 is 5.16. The molecule has 2 unspecified atom stereocenters. The van der Waals surface area contributed by atoms with Crippen molar-refractivity contribution in [3.63, 3.8) is 0 Å². The average molecular weight is 406 g/mol. The Morgan fingerprint density at radius 3 is 2.27 bits per heavy atom. The monoisotopic (exact) mass is 406 g/mol. The van der Waals surface area contributed by atoms with Crippen molar-refractivity contribution in [2.75, 3.05) is 13.7 Å². The lowest BCUT2D eigenvalue weighted by Gasteiger charge is -2.32. The van der Waals surface area contributed by atoms with Crippen molar-refractivity contribution in [1.29, 1.82) is 0 Å². The Kier molecular flexibility index (Phi) is 5.84. The predicted octanol–water partition coefficient (Wildman–Crippen LogP) is 3.41. The maximum atomic E-state index is 12.9. The number of benzene rings is 2. The number of imide groups is 1. The molecule has 1 saturated carbocycles. The van der Waals surface area contributed by atoms with Crippen LogP contribution in [0.15, 0.2) is 48.5 Å². The molecule has 1 heterocycles. The van der Waals surface area contributed by atoms with Gasteiger partial charge in [0.25, 0.3) is 11.8 Å². The maximum Gasteiger partial charge on any atom is 0.261 e. The second kappa shape index (κ2) is 8.69. The standard InChI is InChI=1S/C24H26N2O4/c1-30-18-12-10-16(11-13-18)14-25-22(27)19-7-3-2-6-17(19)15-26-23(28)20-8-4-5-9-21(20)24(26)29/h4-5,8-13,17,19H,2-3,6-7,14-15H2,1H3,(H,25,27). The first-order valence-corrected chi connectivity index (χ1v) is 10.4. The fourth-order valence-corrected chi connectivity index (χ4v) is 4.47. The Morgan fingerprint density at radius 1 is 1.00 bits per heavy atom. The molecular weight excluding hydrogens is 380 g/mol. The lowest BCUT2D eigenvalue weighted by atomic mass is 9.78. The van der Waals surface area contributed by atoms with Gasteiger partial charge in [-0.05, 0) is 48.6 Å². The van der Waals surface area contributed by atoms with Crippen LogP contribution in [0.25, 0.3) is 0 Å². The minimum absolute atomic E-state index is 0.00729. The molecule has 1 aliphatic carbocycles. The summed E-state index contributed by atoms with van der Waals surface area (Å²) in [6.45, 7) is 0.742. The van der Waals surface area contributed by atoms with Gasteiger partial charge in [-0.15, -0.1) is 0 Å². The molecule has 4 rings (SSSR count). The van der Waals surface area contributed by atoms with Crippen LogP contribution < -0.4 is 10.1 Å². The number of amides is 3. The van der Waals surface area contributed by atoms with Crippen LogP contribution >= 0.6 is 0 Å². The summed E-state index contributed by atoms with van der Waals surface area (Å²) in [4.78, 5) is 39.7. The van der Waals surface area contributed by atoms with Gasteiger partial charge in [0.05, 0.1) is 18.2 Å². The van der Waals surface area contributed by atoms with Crippen molar-refractivity contribution >= 4 is 17.7 Å². The van der Waals surface area contributed by atoms with E-state index in [1.54, 1.807) is 31.4 Å². The molecule has 1 fully saturated rings. The Hall–Kier alpha value is -3.15. The van der Waals surface area contributed by atoms with Gasteiger partial charge in [0, 0.05) is 19.0 Å². The van der Waals surface area contributed by atoms with Gasteiger partial charge in [-0.3, -0.25) is 19.3 Å². The van der Waals surface area contributed by atoms with Crippen LogP contribution in [0.2, 0.25) is 0 Å². The van der Waals surface area contributed by atoms with Gasteiger partial charge in [-0.1, -0.05) is 37.1 Å². The van der Waals surface area contributed by atoms with Crippen LogP contribution in [0.4, 0.5) is 0 Å². The van der Waals surface area contributed by atoms with Gasteiger partial charge in [0.15, 0.2) is 0 Å². The summed E-state index contributed by atoms with van der Waals surface area (Å²) in [6.07, 6.45) is 3.62. The van der Waals surface area contributed by atoms with Gasteiger partial charge in [-0.25, -0.2) is 0 Å². The zero-order valence-electron chi connectivity index (χ0n) is 17.1. The minimum Gasteiger partial charge on any atom is -0.497 e. The summed E-state index contributed by atoms with van der Waals surface area (Å²) in [5, 5.41) is 3.03. The summed E-state index contributed by atoms with van der Waals surface area (Å²) in [6, 6.07) is 14.5. The van der Waals surface area contributed by atoms with E-state index in [1.807, 2.05) is 24.3 Å². The van der Waals surface area contributed by atoms with E-state index in [2.05, 4.69) is 5.32 Å². The van der Waals surface area contributed by atoms with Gasteiger partial charge < -0.3 is 10.1 Å². The summed E-state index contributed by atoms with van der Waals surface area (Å²) in [7, 11) is 1.62. The van der Waals surface area contributed by atoms with Crippen LogP contribution in [0.3, 0.4) is 0 Å². The SMILES string of the molecule is COc1ccc(CNC(=O)C2CCCCC2CN2C(=O)c3ccccc3C2=O)cc1. The number of nitrogens with zero attached hydrogens (tertiary/aromatic N) is 1. The van der Waals surface area contributed by atoms with E-state index < -0.39 is 0 Å². The molecule has 2 aliphatic rings. The third-order valence-electron chi connectivity index (χ3n) is 6.17. The largest absolute Gasteiger partial charge is 0.497 e. The average Bonchev–Trinajstić information content (AvgIpc) is 3.03. The van der Waals surface area contributed by atoms with Gasteiger partial charge in [0.2, 0.25) is 5.91 Å². The Labute approximate surface area is 176 Å². The molecule has 6 heteroatoms. The van der Waals surface area contributed by atoms with Crippen LogP contribution in [0, 0.1) is 11.8 Å². The van der Waals surface area contributed by atoms with Crippen molar-refractivity contribution in [2.45, 2.75) is 32.2 Å². The molecule has 1 aliphatic heterocycles. The van der Waals surface area contributed by atoms with Crippen molar-refractivity contribution < 1.29 is 19.1 Å². The van der Waals surface area contributed by atoms with Crippen molar-refractivity contribution in [2.24, 2.45) is 11.8 Å². The van der Waals surface area contributed by atoms with E-state index in [0.717, 1.165) is 37.0 Å². The van der Waals surface area contributed by atoms with Crippen LogP contribution in [-0.2, 0) is 11.3 Å². The van der Waals surface area contributed by atoms with E-state index in [1.165, 1.54) is 4.90 Å². The lowest BCUT2D eigenvalue weighted by molar-refractivity contribution is -0.128. The molecule has 2 aromatic rings. The highest BCUT2D eigenvalue weighted by Gasteiger charge is 2.39. The highest BCUT2D eigenvalue weighted by molar-refractivity contribution is 6.21. The highest BCUT2D eigenvalue weighted by Crippen LogP contribution is 2.33. The quantitative estimate of drug-likeness (QED) is 0.746. The number of carbonyl (C=O) groups is 3.